The summed E-state index contributed by atoms with van der Waals surface area (Å²) in [5.74, 6) is 0.190. The highest BCUT2D eigenvalue weighted by molar-refractivity contribution is 5.91. The monoisotopic (exact) mass is 248 g/mol. The Balaban J connectivity index is 2.64. The van der Waals surface area contributed by atoms with Gasteiger partial charge in [-0.2, -0.15) is 0 Å². The number of carbonyl (C=O) groups excluding carboxylic acids is 1. The zero-order chi connectivity index (χ0) is 13.5. The molecule has 5 heteroatoms. The second kappa shape index (κ2) is 6.54. The number of nitro benzene ring substituents is 1. The molecule has 18 heavy (non-hydrogen) atoms. The van der Waals surface area contributed by atoms with Crippen LogP contribution in [0.2, 0.25) is 0 Å². The van der Waals surface area contributed by atoms with Gasteiger partial charge in [-0.3, -0.25) is 14.9 Å². The largest absolute Gasteiger partial charge is 0.352 e. The third-order valence-corrected chi connectivity index (χ3v) is 2.19. The molecule has 0 saturated carbocycles. The Morgan fingerprint density at radius 2 is 2.22 bits per heavy atom. The van der Waals surface area contributed by atoms with E-state index in [1.54, 1.807) is 18.2 Å². The molecule has 0 fully saturated rings. The molecule has 1 aromatic rings. The van der Waals surface area contributed by atoms with E-state index in [0.717, 1.165) is 0 Å². The van der Waals surface area contributed by atoms with Crippen molar-refractivity contribution in [3.63, 3.8) is 0 Å². The topological polar surface area (TPSA) is 72.2 Å². The molecule has 96 valence electrons. The van der Waals surface area contributed by atoms with Crippen LogP contribution in [0.15, 0.2) is 30.3 Å². The van der Waals surface area contributed by atoms with E-state index >= 15 is 0 Å². The van der Waals surface area contributed by atoms with Gasteiger partial charge in [-0.25, -0.2) is 0 Å². The van der Waals surface area contributed by atoms with Crippen LogP contribution in [0.5, 0.6) is 0 Å². The molecule has 1 N–H and O–H groups in total. The van der Waals surface area contributed by atoms with Crippen LogP contribution in [0.1, 0.15) is 19.4 Å². The molecule has 0 aliphatic rings. The lowest BCUT2D eigenvalue weighted by Crippen LogP contribution is -2.25. The van der Waals surface area contributed by atoms with Crippen LogP contribution < -0.4 is 5.32 Å². The van der Waals surface area contributed by atoms with Crippen LogP contribution in [0.3, 0.4) is 0 Å². The molecule has 0 radical (unpaired) electrons. The molecule has 1 amide bonds. The highest BCUT2D eigenvalue weighted by Gasteiger charge is 2.04. The average molecular weight is 248 g/mol. The minimum Gasteiger partial charge on any atom is -0.352 e. The number of benzene rings is 1. The lowest BCUT2D eigenvalue weighted by molar-refractivity contribution is -0.384. The molecule has 0 saturated heterocycles. The molecule has 5 nitrogen and oxygen atoms in total. The van der Waals surface area contributed by atoms with Crippen LogP contribution >= 0.6 is 0 Å². The standard InChI is InChI=1S/C13H16N2O3/c1-10(2)9-14-13(16)7-6-11-4-3-5-12(8-11)15(17)18/h3-8,10H,9H2,1-2H3,(H,14,16)/b7-6+. The van der Waals surface area contributed by atoms with E-state index < -0.39 is 4.92 Å². The molecule has 0 bridgehead atoms. The fraction of sp³-hybridized carbons (Fsp3) is 0.308. The summed E-state index contributed by atoms with van der Waals surface area (Å²) in [6, 6.07) is 6.13. The Kier molecular flexibility index (Phi) is 5.05. The van der Waals surface area contributed by atoms with Gasteiger partial charge in [0, 0.05) is 24.8 Å². The minimum absolute atomic E-state index is 0.0136. The maximum atomic E-state index is 11.4. The smallest absolute Gasteiger partial charge is 0.270 e. The maximum Gasteiger partial charge on any atom is 0.270 e. The first-order valence-electron chi connectivity index (χ1n) is 5.69. The number of hydrogen-bond donors (Lipinski definition) is 1. The summed E-state index contributed by atoms with van der Waals surface area (Å²) in [6.07, 6.45) is 2.93. The third kappa shape index (κ3) is 4.78. The molecular formula is C13H16N2O3. The molecule has 0 heterocycles. The highest BCUT2D eigenvalue weighted by Crippen LogP contribution is 2.13. The van der Waals surface area contributed by atoms with Crippen molar-refractivity contribution in [2.24, 2.45) is 5.92 Å². The summed E-state index contributed by atoms with van der Waals surface area (Å²) < 4.78 is 0. The quantitative estimate of drug-likeness (QED) is 0.494. The van der Waals surface area contributed by atoms with E-state index in [1.165, 1.54) is 18.2 Å². The Morgan fingerprint density at radius 1 is 1.50 bits per heavy atom. The van der Waals surface area contributed by atoms with E-state index in [4.69, 9.17) is 0 Å². The van der Waals surface area contributed by atoms with E-state index in [1.807, 2.05) is 13.8 Å². The molecule has 1 rings (SSSR count). The molecule has 0 atom stereocenters. The van der Waals surface area contributed by atoms with Crippen LogP contribution in [0, 0.1) is 16.0 Å². The summed E-state index contributed by atoms with van der Waals surface area (Å²) in [7, 11) is 0. The van der Waals surface area contributed by atoms with Crippen molar-refractivity contribution in [1.29, 1.82) is 0 Å². The van der Waals surface area contributed by atoms with Gasteiger partial charge in [-0.15, -0.1) is 0 Å². The maximum absolute atomic E-state index is 11.4. The first kappa shape index (κ1) is 13.9. The Labute approximate surface area is 106 Å². The van der Waals surface area contributed by atoms with Gasteiger partial charge in [0.05, 0.1) is 4.92 Å². The summed E-state index contributed by atoms with van der Waals surface area (Å²) >= 11 is 0. The first-order chi connectivity index (χ1) is 8.49. The van der Waals surface area contributed by atoms with Gasteiger partial charge in [-0.05, 0) is 17.6 Å². The van der Waals surface area contributed by atoms with Crippen molar-refractivity contribution >= 4 is 17.7 Å². The van der Waals surface area contributed by atoms with E-state index in [-0.39, 0.29) is 11.6 Å². The van der Waals surface area contributed by atoms with Crippen LogP contribution in [0.4, 0.5) is 5.69 Å². The summed E-state index contributed by atoms with van der Waals surface area (Å²) in [6.45, 7) is 4.62. The summed E-state index contributed by atoms with van der Waals surface area (Å²) in [4.78, 5) is 21.5. The number of rotatable bonds is 5. The van der Waals surface area contributed by atoms with Gasteiger partial charge in [0.1, 0.15) is 0 Å². The van der Waals surface area contributed by atoms with Crippen molar-refractivity contribution < 1.29 is 9.72 Å². The fourth-order valence-electron chi connectivity index (χ4n) is 1.28. The minimum atomic E-state index is -0.462. The zero-order valence-electron chi connectivity index (χ0n) is 10.4. The molecule has 1 aromatic carbocycles. The van der Waals surface area contributed by atoms with Gasteiger partial charge in [0.2, 0.25) is 5.91 Å². The van der Waals surface area contributed by atoms with Crippen molar-refractivity contribution in [3.8, 4) is 0 Å². The molecule has 0 aliphatic heterocycles. The lowest BCUT2D eigenvalue weighted by Gasteiger charge is -2.04. The SMILES string of the molecule is CC(C)CNC(=O)/C=C/c1cccc([N+](=O)[O-])c1. The van der Waals surface area contributed by atoms with E-state index in [9.17, 15) is 14.9 Å². The van der Waals surface area contributed by atoms with Gasteiger partial charge in [0.15, 0.2) is 0 Å². The number of nitrogens with one attached hydrogen (secondary N) is 1. The van der Waals surface area contributed by atoms with Crippen molar-refractivity contribution in [1.82, 2.24) is 5.32 Å². The van der Waals surface area contributed by atoms with E-state index in [0.29, 0.717) is 18.0 Å². The van der Waals surface area contributed by atoms with Gasteiger partial charge < -0.3 is 5.32 Å². The third-order valence-electron chi connectivity index (χ3n) is 2.19. The van der Waals surface area contributed by atoms with Crippen molar-refractivity contribution in [2.45, 2.75) is 13.8 Å². The molecule has 0 spiro atoms. The predicted molar refractivity (Wildman–Crippen MR) is 70.0 cm³/mol. The Bertz CT molecular complexity index is 467. The van der Waals surface area contributed by atoms with Gasteiger partial charge >= 0.3 is 0 Å². The molecule has 0 aromatic heterocycles. The van der Waals surface area contributed by atoms with E-state index in [2.05, 4.69) is 5.32 Å². The number of non-ortho nitro benzene ring substituents is 1. The molecular weight excluding hydrogens is 232 g/mol. The predicted octanol–water partition coefficient (Wildman–Crippen LogP) is 2.38. The van der Waals surface area contributed by atoms with Crippen molar-refractivity contribution in [3.05, 3.63) is 46.0 Å². The first-order valence-corrected chi connectivity index (χ1v) is 5.69. The number of nitro groups is 1. The van der Waals surface area contributed by atoms with Gasteiger partial charge in [0.25, 0.3) is 5.69 Å². The van der Waals surface area contributed by atoms with Crippen LogP contribution in [-0.2, 0) is 4.79 Å². The Hall–Kier alpha value is -2.17. The Morgan fingerprint density at radius 3 is 2.83 bits per heavy atom. The summed E-state index contributed by atoms with van der Waals surface area (Å²) in [5.41, 5.74) is 0.642. The lowest BCUT2D eigenvalue weighted by atomic mass is 10.2. The summed E-state index contributed by atoms with van der Waals surface area (Å²) in [5, 5.41) is 13.3. The number of nitrogens with zero attached hydrogens (tertiary/aromatic N) is 1. The number of carbonyl (C=O) groups is 1. The number of amides is 1. The second-order valence-corrected chi connectivity index (χ2v) is 4.32. The highest BCUT2D eigenvalue weighted by atomic mass is 16.6. The van der Waals surface area contributed by atoms with Crippen LogP contribution in [-0.4, -0.2) is 17.4 Å². The molecule has 0 unspecified atom stereocenters. The number of hydrogen-bond acceptors (Lipinski definition) is 3. The van der Waals surface area contributed by atoms with Crippen LogP contribution in [0.25, 0.3) is 6.08 Å². The van der Waals surface area contributed by atoms with Crippen molar-refractivity contribution in [2.75, 3.05) is 6.54 Å². The zero-order valence-corrected chi connectivity index (χ0v) is 10.4. The van der Waals surface area contributed by atoms with Gasteiger partial charge in [-0.1, -0.05) is 26.0 Å². The fourth-order valence-corrected chi connectivity index (χ4v) is 1.28. The molecule has 0 aliphatic carbocycles. The normalized spacial score (nSPS) is 10.8. The second-order valence-electron chi connectivity index (χ2n) is 4.32. The average Bonchev–Trinajstić information content (AvgIpc) is 2.34.